The summed E-state index contributed by atoms with van der Waals surface area (Å²) in [5.74, 6) is 0.528. The molecule has 0 unspecified atom stereocenters. The molecule has 0 atom stereocenters. The Bertz CT molecular complexity index is 950. The van der Waals surface area contributed by atoms with Crippen molar-refractivity contribution in [1.29, 1.82) is 0 Å². The molecular weight excluding hydrogens is 364 g/mol. The van der Waals surface area contributed by atoms with E-state index in [-0.39, 0.29) is 16.4 Å². The third kappa shape index (κ3) is 4.12. The van der Waals surface area contributed by atoms with E-state index >= 15 is 0 Å². The van der Waals surface area contributed by atoms with Gasteiger partial charge in [-0.15, -0.1) is 0 Å². The van der Waals surface area contributed by atoms with Crippen LogP contribution in [0.1, 0.15) is 34.3 Å². The van der Waals surface area contributed by atoms with Gasteiger partial charge in [0.05, 0.1) is 16.8 Å². The third-order valence-corrected chi connectivity index (χ3v) is 6.42. The number of pyridine rings is 1. The fraction of sp³-hybridized carbons (Fsp3) is 0.368. The van der Waals surface area contributed by atoms with Gasteiger partial charge in [-0.3, -0.25) is 4.79 Å². The van der Waals surface area contributed by atoms with Crippen LogP contribution in [0, 0.1) is 13.8 Å². The van der Waals surface area contributed by atoms with E-state index in [1.807, 2.05) is 12.1 Å². The van der Waals surface area contributed by atoms with Crippen LogP contribution in [0.2, 0.25) is 0 Å². The lowest BCUT2D eigenvalue weighted by molar-refractivity contribution is 0.102. The second-order valence-corrected chi connectivity index (χ2v) is 8.53. The molecule has 1 aromatic heterocycles. The summed E-state index contributed by atoms with van der Waals surface area (Å²) < 4.78 is 26.7. The minimum Gasteiger partial charge on any atom is -0.357 e. The van der Waals surface area contributed by atoms with Gasteiger partial charge in [0.25, 0.3) is 5.91 Å². The van der Waals surface area contributed by atoms with Crippen molar-refractivity contribution >= 4 is 27.4 Å². The van der Waals surface area contributed by atoms with Crippen molar-refractivity contribution in [2.75, 3.05) is 30.4 Å². The zero-order valence-electron chi connectivity index (χ0n) is 15.7. The average molecular weight is 388 g/mol. The number of nitrogens with one attached hydrogen (secondary N) is 2. The van der Waals surface area contributed by atoms with Gasteiger partial charge < -0.3 is 10.2 Å². The normalized spacial score (nSPS) is 14.4. The summed E-state index contributed by atoms with van der Waals surface area (Å²) in [5.41, 5.74) is 2.21. The molecule has 3 rings (SSSR count). The highest BCUT2D eigenvalue weighted by Crippen LogP contribution is 2.23. The summed E-state index contributed by atoms with van der Waals surface area (Å²) >= 11 is 0. The number of aromatic nitrogens is 1. The highest BCUT2D eigenvalue weighted by Gasteiger charge is 2.20. The molecule has 0 bridgehead atoms. The number of anilines is 2. The molecule has 2 N–H and O–H groups in total. The lowest BCUT2D eigenvalue weighted by atomic mass is 10.1. The Hall–Kier alpha value is -2.45. The fourth-order valence-electron chi connectivity index (χ4n) is 3.14. The van der Waals surface area contributed by atoms with Crippen LogP contribution in [0.5, 0.6) is 0 Å². The maximum Gasteiger partial charge on any atom is 0.255 e. The third-order valence-electron chi connectivity index (χ3n) is 4.88. The zero-order valence-corrected chi connectivity index (χ0v) is 16.6. The Morgan fingerprint density at radius 3 is 2.44 bits per heavy atom. The van der Waals surface area contributed by atoms with Gasteiger partial charge >= 0.3 is 0 Å². The Kier molecular flexibility index (Phi) is 5.48. The van der Waals surface area contributed by atoms with Crippen LogP contribution < -0.4 is 14.9 Å². The standard InChI is InChI=1S/C19H24N4O3S/c1-13-10-15(11-17(14(13)2)27(25,26)20-3)19(24)22-16-6-7-18(21-12-16)23-8-4-5-9-23/h6-7,10-12,20H,4-5,8-9H2,1-3H3,(H,22,24). The molecule has 1 aliphatic rings. The Balaban J connectivity index is 1.82. The minimum atomic E-state index is -3.64. The number of benzene rings is 1. The number of sulfonamides is 1. The van der Waals surface area contributed by atoms with Crippen molar-refractivity contribution in [2.24, 2.45) is 0 Å². The SMILES string of the molecule is CNS(=O)(=O)c1cc(C(=O)Nc2ccc(N3CCCC3)nc2)cc(C)c1C. The molecule has 2 heterocycles. The molecule has 7 nitrogen and oxygen atoms in total. The van der Waals surface area contributed by atoms with Gasteiger partial charge in [-0.2, -0.15) is 0 Å². The average Bonchev–Trinajstić information content (AvgIpc) is 3.19. The summed E-state index contributed by atoms with van der Waals surface area (Å²) in [6.45, 7) is 5.52. The largest absolute Gasteiger partial charge is 0.357 e. The van der Waals surface area contributed by atoms with Crippen LogP contribution in [-0.4, -0.2) is 39.4 Å². The number of nitrogens with zero attached hydrogens (tertiary/aromatic N) is 2. The van der Waals surface area contributed by atoms with Gasteiger partial charge in [-0.05, 0) is 69.1 Å². The highest BCUT2D eigenvalue weighted by molar-refractivity contribution is 7.89. The van der Waals surface area contributed by atoms with Crippen LogP contribution in [0.3, 0.4) is 0 Å². The molecule has 27 heavy (non-hydrogen) atoms. The van der Waals surface area contributed by atoms with Crippen molar-refractivity contribution in [3.63, 3.8) is 0 Å². The number of rotatable bonds is 5. The van der Waals surface area contributed by atoms with Gasteiger partial charge in [-0.25, -0.2) is 18.1 Å². The molecule has 0 saturated carbocycles. The van der Waals surface area contributed by atoms with Crippen LogP contribution in [-0.2, 0) is 10.0 Å². The van der Waals surface area contributed by atoms with Crippen molar-refractivity contribution in [2.45, 2.75) is 31.6 Å². The van der Waals surface area contributed by atoms with E-state index in [1.165, 1.54) is 26.0 Å². The Morgan fingerprint density at radius 2 is 1.85 bits per heavy atom. The van der Waals surface area contributed by atoms with Crippen molar-refractivity contribution < 1.29 is 13.2 Å². The van der Waals surface area contributed by atoms with Gasteiger partial charge in [-0.1, -0.05) is 0 Å². The topological polar surface area (TPSA) is 91.4 Å². The second kappa shape index (κ2) is 7.66. The van der Waals surface area contributed by atoms with E-state index in [1.54, 1.807) is 26.1 Å². The van der Waals surface area contributed by atoms with Crippen molar-refractivity contribution in [3.05, 3.63) is 47.2 Å². The monoisotopic (exact) mass is 388 g/mol. The number of hydrogen-bond donors (Lipinski definition) is 2. The van der Waals surface area contributed by atoms with Gasteiger partial charge in [0.1, 0.15) is 5.82 Å². The predicted molar refractivity (Wildman–Crippen MR) is 106 cm³/mol. The van der Waals surface area contributed by atoms with Crippen molar-refractivity contribution in [3.8, 4) is 0 Å². The fourth-order valence-corrected chi connectivity index (χ4v) is 4.21. The first-order chi connectivity index (χ1) is 12.8. The molecule has 144 valence electrons. The van der Waals surface area contributed by atoms with E-state index in [0.717, 1.165) is 24.5 Å². The first-order valence-corrected chi connectivity index (χ1v) is 10.4. The second-order valence-electron chi connectivity index (χ2n) is 6.68. The van der Waals surface area contributed by atoms with Crippen LogP contribution in [0.4, 0.5) is 11.5 Å². The van der Waals surface area contributed by atoms with Crippen molar-refractivity contribution in [1.82, 2.24) is 9.71 Å². The summed E-state index contributed by atoms with van der Waals surface area (Å²) in [6.07, 6.45) is 3.97. The first kappa shape index (κ1) is 19.3. The highest BCUT2D eigenvalue weighted by atomic mass is 32.2. The quantitative estimate of drug-likeness (QED) is 0.821. The molecule has 8 heteroatoms. The summed E-state index contributed by atoms with van der Waals surface area (Å²) in [7, 11) is -2.29. The maximum absolute atomic E-state index is 12.6. The molecule has 2 aromatic rings. The Labute approximate surface area is 159 Å². The van der Waals surface area contributed by atoms with E-state index in [9.17, 15) is 13.2 Å². The molecular formula is C19H24N4O3S. The predicted octanol–water partition coefficient (Wildman–Crippen LogP) is 2.46. The molecule has 1 saturated heterocycles. The molecule has 0 spiro atoms. The molecule has 1 aliphatic heterocycles. The van der Waals surface area contributed by atoms with Crippen LogP contribution in [0.15, 0.2) is 35.4 Å². The maximum atomic E-state index is 12.6. The zero-order chi connectivity index (χ0) is 19.6. The molecule has 1 fully saturated rings. The first-order valence-electron chi connectivity index (χ1n) is 8.89. The van der Waals surface area contributed by atoms with E-state index < -0.39 is 10.0 Å². The number of carbonyl (C=O) groups is 1. The number of aryl methyl sites for hydroxylation is 1. The van der Waals surface area contributed by atoms with Crippen LogP contribution in [0.25, 0.3) is 0 Å². The smallest absolute Gasteiger partial charge is 0.255 e. The van der Waals surface area contributed by atoms with Gasteiger partial charge in [0, 0.05) is 18.7 Å². The van der Waals surface area contributed by atoms with E-state index in [0.29, 0.717) is 11.3 Å². The summed E-state index contributed by atoms with van der Waals surface area (Å²) in [6, 6.07) is 6.78. The molecule has 1 aromatic carbocycles. The lowest BCUT2D eigenvalue weighted by Gasteiger charge is -2.16. The van der Waals surface area contributed by atoms with E-state index in [2.05, 4.69) is 19.9 Å². The van der Waals surface area contributed by atoms with E-state index in [4.69, 9.17) is 0 Å². The Morgan fingerprint density at radius 1 is 1.15 bits per heavy atom. The number of amides is 1. The van der Waals surface area contributed by atoms with Gasteiger partial charge in [0.2, 0.25) is 10.0 Å². The molecule has 0 radical (unpaired) electrons. The lowest BCUT2D eigenvalue weighted by Crippen LogP contribution is -2.21. The number of carbonyl (C=O) groups excluding carboxylic acids is 1. The minimum absolute atomic E-state index is 0.109. The molecule has 1 amide bonds. The summed E-state index contributed by atoms with van der Waals surface area (Å²) in [4.78, 5) is 19.4. The summed E-state index contributed by atoms with van der Waals surface area (Å²) in [5, 5.41) is 2.78. The van der Waals surface area contributed by atoms with Gasteiger partial charge in [0.15, 0.2) is 0 Å². The number of hydrogen-bond acceptors (Lipinski definition) is 5. The molecule has 0 aliphatic carbocycles. The van der Waals surface area contributed by atoms with Crippen LogP contribution >= 0.6 is 0 Å².